The Labute approximate surface area is 141 Å². The molecule has 1 amide bonds. The Morgan fingerprint density at radius 1 is 1.28 bits per heavy atom. The number of rotatable bonds is 7. The SMILES string of the molecule is CCCCNC(=O)c1cc[n+](CCC(=O)O)nc1.O=C(O)C(F)(F)F. The molecule has 3 N–H and O–H groups in total. The van der Waals surface area contributed by atoms with Crippen LogP contribution in [0.25, 0.3) is 0 Å². The third-order valence-corrected chi connectivity index (χ3v) is 2.65. The van der Waals surface area contributed by atoms with Crippen molar-refractivity contribution in [2.75, 3.05) is 6.54 Å². The fourth-order valence-corrected chi connectivity index (χ4v) is 1.34. The maximum absolute atomic E-state index is 11.6. The number of alkyl halides is 3. The molecule has 0 spiro atoms. The molecule has 0 unspecified atom stereocenters. The maximum atomic E-state index is 11.6. The minimum Gasteiger partial charge on any atom is -0.481 e. The van der Waals surface area contributed by atoms with Crippen molar-refractivity contribution >= 4 is 17.8 Å². The number of aromatic nitrogens is 2. The number of halogens is 3. The molecule has 1 rings (SSSR count). The molecule has 8 nitrogen and oxygen atoms in total. The predicted molar refractivity (Wildman–Crippen MR) is 77.6 cm³/mol. The molecule has 0 aliphatic rings. The van der Waals surface area contributed by atoms with E-state index >= 15 is 0 Å². The minimum atomic E-state index is -5.08. The van der Waals surface area contributed by atoms with Crippen molar-refractivity contribution in [1.29, 1.82) is 0 Å². The molecule has 0 aliphatic heterocycles. The molecule has 0 aromatic carbocycles. The number of carboxylic acids is 2. The fraction of sp³-hybridized carbons (Fsp3) is 0.500. The zero-order valence-electron chi connectivity index (χ0n) is 13.4. The summed E-state index contributed by atoms with van der Waals surface area (Å²) in [5.74, 6) is -3.78. The van der Waals surface area contributed by atoms with Crippen LogP contribution in [0.3, 0.4) is 0 Å². The second kappa shape index (κ2) is 10.9. The van der Waals surface area contributed by atoms with E-state index in [1.165, 1.54) is 10.9 Å². The number of aliphatic carboxylic acids is 2. The third kappa shape index (κ3) is 10.6. The molecule has 0 saturated heterocycles. The molecule has 1 aromatic rings. The summed E-state index contributed by atoms with van der Waals surface area (Å²) >= 11 is 0. The van der Waals surface area contributed by atoms with Gasteiger partial charge in [-0.15, -0.1) is 0 Å². The fourth-order valence-electron chi connectivity index (χ4n) is 1.34. The zero-order valence-corrected chi connectivity index (χ0v) is 13.4. The van der Waals surface area contributed by atoms with Crippen LogP contribution in [0, 0.1) is 0 Å². The molecular weight excluding hydrogens is 347 g/mol. The number of unbranched alkanes of at least 4 members (excludes halogenated alkanes) is 1. The number of carbonyl (C=O) groups excluding carboxylic acids is 1. The molecule has 0 atom stereocenters. The van der Waals surface area contributed by atoms with Crippen LogP contribution in [0.1, 0.15) is 36.5 Å². The lowest BCUT2D eigenvalue weighted by Crippen LogP contribution is -2.39. The summed E-state index contributed by atoms with van der Waals surface area (Å²) in [7, 11) is 0. The van der Waals surface area contributed by atoms with E-state index < -0.39 is 18.1 Å². The van der Waals surface area contributed by atoms with Gasteiger partial charge in [-0.2, -0.15) is 13.2 Å². The van der Waals surface area contributed by atoms with Gasteiger partial charge in [-0.05, 0) is 11.5 Å². The van der Waals surface area contributed by atoms with E-state index in [1.54, 1.807) is 12.3 Å². The van der Waals surface area contributed by atoms with Gasteiger partial charge in [0.15, 0.2) is 12.7 Å². The number of aryl methyl sites for hydroxylation is 1. The van der Waals surface area contributed by atoms with Crippen LogP contribution < -0.4 is 10.00 Å². The lowest BCUT2D eigenvalue weighted by molar-refractivity contribution is -0.753. The van der Waals surface area contributed by atoms with E-state index in [-0.39, 0.29) is 12.3 Å². The van der Waals surface area contributed by atoms with Gasteiger partial charge in [0.05, 0.1) is 5.56 Å². The smallest absolute Gasteiger partial charge is 0.481 e. The Balaban J connectivity index is 0.000000697. The van der Waals surface area contributed by atoms with Crippen LogP contribution in [0.4, 0.5) is 13.2 Å². The van der Waals surface area contributed by atoms with Crippen LogP contribution in [0.2, 0.25) is 0 Å². The Kier molecular flexibility index (Phi) is 9.75. The average molecular weight is 366 g/mol. The molecular formula is C14H19F3N3O5+. The number of hydrogen-bond acceptors (Lipinski definition) is 4. The van der Waals surface area contributed by atoms with E-state index in [4.69, 9.17) is 15.0 Å². The van der Waals surface area contributed by atoms with Gasteiger partial charge in [-0.25, -0.2) is 4.79 Å². The lowest BCUT2D eigenvalue weighted by Gasteiger charge is -2.02. The summed E-state index contributed by atoms with van der Waals surface area (Å²) in [5.41, 5.74) is 0.484. The van der Waals surface area contributed by atoms with Gasteiger partial charge in [0.2, 0.25) is 0 Å². The van der Waals surface area contributed by atoms with Crippen molar-refractivity contribution in [3.63, 3.8) is 0 Å². The van der Waals surface area contributed by atoms with Crippen LogP contribution in [0.15, 0.2) is 18.5 Å². The number of hydrogen-bond donors (Lipinski definition) is 3. The van der Waals surface area contributed by atoms with Gasteiger partial charge in [0.1, 0.15) is 12.6 Å². The molecule has 11 heteroatoms. The number of carboxylic acid groups (broad SMARTS) is 2. The highest BCUT2D eigenvalue weighted by molar-refractivity contribution is 5.93. The van der Waals surface area contributed by atoms with Crippen LogP contribution in [-0.2, 0) is 16.1 Å². The minimum absolute atomic E-state index is 0.0136. The Hall–Kier alpha value is -2.72. The first-order chi connectivity index (χ1) is 11.6. The summed E-state index contributed by atoms with van der Waals surface area (Å²) in [5, 5.41) is 22.4. The molecule has 0 bridgehead atoms. The van der Waals surface area contributed by atoms with Crippen molar-refractivity contribution in [3.05, 3.63) is 24.0 Å². The highest BCUT2D eigenvalue weighted by atomic mass is 19.4. The lowest BCUT2D eigenvalue weighted by atomic mass is 10.2. The van der Waals surface area contributed by atoms with Crippen molar-refractivity contribution in [3.8, 4) is 0 Å². The quantitative estimate of drug-likeness (QED) is 0.489. The number of amides is 1. The van der Waals surface area contributed by atoms with E-state index in [9.17, 15) is 22.8 Å². The highest BCUT2D eigenvalue weighted by Gasteiger charge is 2.38. The van der Waals surface area contributed by atoms with E-state index in [0.29, 0.717) is 18.7 Å². The standard InChI is InChI=1S/C12H17N3O3.C2HF3O2/c1-2-3-6-13-12(18)10-4-7-15(14-9-10)8-5-11(16)17;3-2(4,5)1(6)7/h4,7,9H,2-3,5-6,8H2,1H3,(H-,13,16,17,18);(H,6,7)/p+1. The third-order valence-electron chi connectivity index (χ3n) is 2.65. The summed E-state index contributed by atoms with van der Waals surface area (Å²) < 4.78 is 33.2. The van der Waals surface area contributed by atoms with Crippen LogP contribution in [0.5, 0.6) is 0 Å². The molecule has 0 saturated carbocycles. The molecule has 1 aromatic heterocycles. The molecule has 0 fully saturated rings. The van der Waals surface area contributed by atoms with Gasteiger partial charge in [-0.1, -0.05) is 18.0 Å². The summed E-state index contributed by atoms with van der Waals surface area (Å²) in [6, 6.07) is 1.64. The first kappa shape index (κ1) is 22.3. The second-order valence-corrected chi connectivity index (χ2v) is 4.73. The van der Waals surface area contributed by atoms with Gasteiger partial charge in [0.25, 0.3) is 5.91 Å². The number of carbonyl (C=O) groups is 3. The number of nitrogens with one attached hydrogen (secondary N) is 1. The summed E-state index contributed by atoms with van der Waals surface area (Å²) in [6.07, 6.45) is -0.0341. The second-order valence-electron chi connectivity index (χ2n) is 4.73. The first-order valence-electron chi connectivity index (χ1n) is 7.23. The van der Waals surface area contributed by atoms with Gasteiger partial charge >= 0.3 is 18.1 Å². The summed E-state index contributed by atoms with van der Waals surface area (Å²) in [6.45, 7) is 3.01. The topological polar surface area (TPSA) is 120 Å². The van der Waals surface area contributed by atoms with Gasteiger partial charge in [0, 0.05) is 12.6 Å². The zero-order chi connectivity index (χ0) is 19.5. The molecule has 25 heavy (non-hydrogen) atoms. The Morgan fingerprint density at radius 3 is 2.28 bits per heavy atom. The molecule has 0 aliphatic carbocycles. The molecule has 140 valence electrons. The largest absolute Gasteiger partial charge is 0.490 e. The van der Waals surface area contributed by atoms with Crippen molar-refractivity contribution in [1.82, 2.24) is 10.4 Å². The normalized spacial score (nSPS) is 10.4. The molecule has 0 radical (unpaired) electrons. The van der Waals surface area contributed by atoms with Crippen molar-refractivity contribution in [2.24, 2.45) is 0 Å². The Bertz CT molecular complexity index is 576. The predicted octanol–water partition coefficient (Wildman–Crippen LogP) is 1.01. The van der Waals surface area contributed by atoms with Crippen LogP contribution >= 0.6 is 0 Å². The highest BCUT2D eigenvalue weighted by Crippen LogP contribution is 2.13. The van der Waals surface area contributed by atoms with E-state index in [1.807, 2.05) is 0 Å². The van der Waals surface area contributed by atoms with Crippen molar-refractivity contribution in [2.45, 2.75) is 38.9 Å². The number of nitrogens with zero attached hydrogens (tertiary/aromatic N) is 2. The maximum Gasteiger partial charge on any atom is 0.490 e. The first-order valence-corrected chi connectivity index (χ1v) is 7.23. The van der Waals surface area contributed by atoms with E-state index in [0.717, 1.165) is 12.8 Å². The van der Waals surface area contributed by atoms with Crippen molar-refractivity contribution < 1.29 is 42.4 Å². The van der Waals surface area contributed by atoms with E-state index in [2.05, 4.69) is 17.3 Å². The average Bonchev–Trinajstić information content (AvgIpc) is 2.53. The Morgan fingerprint density at radius 2 is 1.88 bits per heavy atom. The van der Waals surface area contributed by atoms with Gasteiger partial charge < -0.3 is 15.5 Å². The monoisotopic (exact) mass is 366 g/mol. The molecule has 1 heterocycles. The van der Waals surface area contributed by atoms with Crippen LogP contribution in [-0.4, -0.2) is 45.9 Å². The summed E-state index contributed by atoms with van der Waals surface area (Å²) in [4.78, 5) is 30.9. The van der Waals surface area contributed by atoms with Gasteiger partial charge in [-0.3, -0.25) is 9.59 Å².